The van der Waals surface area contributed by atoms with E-state index in [0.717, 1.165) is 34.4 Å². The van der Waals surface area contributed by atoms with Gasteiger partial charge in [-0.25, -0.2) is 0 Å². The molecule has 124 valence electrons. The molecule has 1 aromatic heterocycles. The van der Waals surface area contributed by atoms with E-state index in [1.165, 1.54) is 0 Å². The Bertz CT molecular complexity index is 837. The van der Waals surface area contributed by atoms with Gasteiger partial charge in [0, 0.05) is 23.5 Å². The van der Waals surface area contributed by atoms with Gasteiger partial charge in [-0.1, -0.05) is 12.1 Å². The second-order valence-electron chi connectivity index (χ2n) is 5.49. The molecule has 0 bridgehead atoms. The van der Waals surface area contributed by atoms with Gasteiger partial charge in [0.05, 0.1) is 14.2 Å². The number of methoxy groups -OCH3 is 2. The lowest BCUT2D eigenvalue weighted by Crippen LogP contribution is -2.25. The highest BCUT2D eigenvalue weighted by Gasteiger charge is 2.09. The molecule has 0 saturated carbocycles. The molecule has 2 aromatic carbocycles. The average Bonchev–Trinajstić information content (AvgIpc) is 3.05. The number of benzene rings is 2. The number of ether oxygens (including phenoxy) is 2. The number of nitrogens with one attached hydrogen (secondary N) is 2. The molecule has 3 rings (SSSR count). The fourth-order valence-electron chi connectivity index (χ4n) is 2.56. The van der Waals surface area contributed by atoms with Gasteiger partial charge < -0.3 is 19.8 Å². The van der Waals surface area contributed by atoms with Crippen LogP contribution < -0.4 is 14.8 Å². The van der Waals surface area contributed by atoms with Gasteiger partial charge in [-0.3, -0.25) is 4.79 Å². The molecule has 0 fully saturated rings. The normalized spacial score (nSPS) is 10.6. The number of rotatable bonds is 6. The predicted molar refractivity (Wildman–Crippen MR) is 93.9 cm³/mol. The predicted octanol–water partition coefficient (Wildman–Crippen LogP) is 3.16. The SMILES string of the molecule is COc1ccc(CCNC(=O)c2cc3ccc(OC)cc3[nH]2)cc1. The van der Waals surface area contributed by atoms with E-state index < -0.39 is 0 Å². The molecule has 0 spiro atoms. The third kappa shape index (κ3) is 3.51. The summed E-state index contributed by atoms with van der Waals surface area (Å²) in [5.41, 5.74) is 2.58. The molecule has 5 heteroatoms. The molecule has 0 saturated heterocycles. The zero-order valence-corrected chi connectivity index (χ0v) is 13.8. The van der Waals surface area contributed by atoms with Crippen LogP contribution in [0.5, 0.6) is 11.5 Å². The molecule has 24 heavy (non-hydrogen) atoms. The van der Waals surface area contributed by atoms with Gasteiger partial charge >= 0.3 is 0 Å². The van der Waals surface area contributed by atoms with Gasteiger partial charge in [0.2, 0.25) is 0 Å². The summed E-state index contributed by atoms with van der Waals surface area (Å²) < 4.78 is 10.3. The maximum Gasteiger partial charge on any atom is 0.267 e. The van der Waals surface area contributed by atoms with E-state index in [9.17, 15) is 4.79 Å². The van der Waals surface area contributed by atoms with E-state index in [0.29, 0.717) is 12.2 Å². The Balaban J connectivity index is 1.60. The summed E-state index contributed by atoms with van der Waals surface area (Å²) in [6.07, 6.45) is 0.768. The van der Waals surface area contributed by atoms with Crippen LogP contribution in [0.25, 0.3) is 10.9 Å². The highest BCUT2D eigenvalue weighted by atomic mass is 16.5. The summed E-state index contributed by atoms with van der Waals surface area (Å²) in [6, 6.07) is 15.4. The van der Waals surface area contributed by atoms with E-state index in [1.807, 2.05) is 48.5 Å². The quantitative estimate of drug-likeness (QED) is 0.732. The molecule has 5 nitrogen and oxygen atoms in total. The van der Waals surface area contributed by atoms with E-state index in [4.69, 9.17) is 9.47 Å². The van der Waals surface area contributed by atoms with Crippen molar-refractivity contribution < 1.29 is 14.3 Å². The monoisotopic (exact) mass is 324 g/mol. The van der Waals surface area contributed by atoms with E-state index in [-0.39, 0.29) is 5.91 Å². The van der Waals surface area contributed by atoms with Crippen LogP contribution in [0.2, 0.25) is 0 Å². The first-order chi connectivity index (χ1) is 11.7. The standard InChI is InChI=1S/C19H20N2O3/c1-23-15-6-3-13(4-7-15)9-10-20-19(22)18-11-14-5-8-16(24-2)12-17(14)21-18/h3-8,11-12,21H,9-10H2,1-2H3,(H,20,22). The summed E-state index contributed by atoms with van der Waals surface area (Å²) >= 11 is 0. The Morgan fingerprint density at radius 1 is 1.00 bits per heavy atom. The van der Waals surface area contributed by atoms with Crippen LogP contribution in [0.3, 0.4) is 0 Å². The summed E-state index contributed by atoms with van der Waals surface area (Å²) in [5, 5.41) is 3.92. The summed E-state index contributed by atoms with van der Waals surface area (Å²) in [4.78, 5) is 15.4. The van der Waals surface area contributed by atoms with Gasteiger partial charge in [-0.2, -0.15) is 0 Å². The van der Waals surface area contributed by atoms with Crippen molar-refractivity contribution in [1.29, 1.82) is 0 Å². The van der Waals surface area contributed by atoms with E-state index in [1.54, 1.807) is 14.2 Å². The number of hydrogen-bond acceptors (Lipinski definition) is 3. The molecule has 0 unspecified atom stereocenters. The molecule has 3 aromatic rings. The van der Waals surface area contributed by atoms with Crippen molar-refractivity contribution in [1.82, 2.24) is 10.3 Å². The van der Waals surface area contributed by atoms with Crippen molar-refractivity contribution in [2.24, 2.45) is 0 Å². The summed E-state index contributed by atoms with van der Waals surface area (Å²) in [6.45, 7) is 0.573. The zero-order valence-electron chi connectivity index (χ0n) is 13.8. The van der Waals surface area contributed by atoms with Crippen molar-refractivity contribution in [2.45, 2.75) is 6.42 Å². The smallest absolute Gasteiger partial charge is 0.267 e. The number of amides is 1. The minimum atomic E-state index is -0.112. The van der Waals surface area contributed by atoms with E-state index >= 15 is 0 Å². The molecule has 0 aliphatic rings. The number of H-pyrrole nitrogens is 1. The Morgan fingerprint density at radius 2 is 1.71 bits per heavy atom. The Morgan fingerprint density at radius 3 is 2.42 bits per heavy atom. The lowest BCUT2D eigenvalue weighted by molar-refractivity contribution is 0.0950. The van der Waals surface area contributed by atoms with Crippen molar-refractivity contribution in [3.63, 3.8) is 0 Å². The van der Waals surface area contributed by atoms with Crippen LogP contribution in [-0.2, 0) is 6.42 Å². The Kier molecular flexibility index (Phi) is 4.70. The van der Waals surface area contributed by atoms with Gasteiger partial charge in [-0.05, 0) is 42.3 Å². The fourth-order valence-corrected chi connectivity index (χ4v) is 2.56. The average molecular weight is 324 g/mol. The van der Waals surface area contributed by atoms with Crippen LogP contribution in [0.15, 0.2) is 48.5 Å². The fraction of sp³-hybridized carbons (Fsp3) is 0.211. The van der Waals surface area contributed by atoms with Crippen molar-refractivity contribution in [3.05, 3.63) is 59.8 Å². The first kappa shape index (κ1) is 15.9. The number of carbonyl (C=O) groups excluding carboxylic acids is 1. The third-order valence-corrected chi connectivity index (χ3v) is 3.93. The van der Waals surface area contributed by atoms with Crippen molar-refractivity contribution in [3.8, 4) is 11.5 Å². The number of fused-ring (bicyclic) bond motifs is 1. The lowest BCUT2D eigenvalue weighted by Gasteiger charge is -2.05. The molecular formula is C19H20N2O3. The number of hydrogen-bond donors (Lipinski definition) is 2. The first-order valence-electron chi connectivity index (χ1n) is 7.77. The maximum atomic E-state index is 12.3. The van der Waals surface area contributed by atoms with Crippen LogP contribution in [0.4, 0.5) is 0 Å². The Labute approximate surface area is 140 Å². The number of aromatic amines is 1. The molecule has 0 radical (unpaired) electrons. The molecular weight excluding hydrogens is 304 g/mol. The molecule has 2 N–H and O–H groups in total. The maximum absolute atomic E-state index is 12.3. The molecule has 1 heterocycles. The van der Waals surface area contributed by atoms with E-state index in [2.05, 4.69) is 10.3 Å². The summed E-state index contributed by atoms with van der Waals surface area (Å²) in [7, 11) is 3.27. The highest BCUT2D eigenvalue weighted by molar-refractivity contribution is 5.98. The number of aromatic nitrogens is 1. The van der Waals surface area contributed by atoms with Crippen molar-refractivity contribution >= 4 is 16.8 Å². The first-order valence-corrected chi connectivity index (χ1v) is 7.77. The zero-order chi connectivity index (χ0) is 16.9. The van der Waals surface area contributed by atoms with Gasteiger partial charge in [0.15, 0.2) is 0 Å². The Hall–Kier alpha value is -2.95. The van der Waals surface area contributed by atoms with Crippen LogP contribution in [0, 0.1) is 0 Å². The van der Waals surface area contributed by atoms with Gasteiger partial charge in [0.1, 0.15) is 17.2 Å². The second kappa shape index (κ2) is 7.08. The molecule has 0 atom stereocenters. The minimum Gasteiger partial charge on any atom is -0.497 e. The topological polar surface area (TPSA) is 63.4 Å². The molecule has 0 aliphatic carbocycles. The largest absolute Gasteiger partial charge is 0.497 e. The van der Waals surface area contributed by atoms with Crippen LogP contribution in [0.1, 0.15) is 16.1 Å². The highest BCUT2D eigenvalue weighted by Crippen LogP contribution is 2.21. The van der Waals surface area contributed by atoms with Gasteiger partial charge in [-0.15, -0.1) is 0 Å². The third-order valence-electron chi connectivity index (χ3n) is 3.93. The minimum absolute atomic E-state index is 0.112. The molecule has 0 aliphatic heterocycles. The summed E-state index contributed by atoms with van der Waals surface area (Å²) in [5.74, 6) is 1.48. The number of carbonyl (C=O) groups is 1. The molecule has 1 amide bonds. The second-order valence-corrected chi connectivity index (χ2v) is 5.49. The lowest BCUT2D eigenvalue weighted by atomic mass is 10.1. The van der Waals surface area contributed by atoms with Gasteiger partial charge in [0.25, 0.3) is 5.91 Å². The van der Waals surface area contributed by atoms with Crippen molar-refractivity contribution in [2.75, 3.05) is 20.8 Å². The van der Waals surface area contributed by atoms with Crippen LogP contribution in [-0.4, -0.2) is 31.7 Å². The van der Waals surface area contributed by atoms with Crippen LogP contribution >= 0.6 is 0 Å².